The van der Waals surface area contributed by atoms with Crippen molar-refractivity contribution >= 4 is 45.6 Å². The van der Waals surface area contributed by atoms with Crippen LogP contribution in [0.25, 0.3) is 21.9 Å². The summed E-state index contributed by atoms with van der Waals surface area (Å²) in [4.78, 5) is 37.0. The fourth-order valence-electron chi connectivity index (χ4n) is 4.16. The minimum Gasteiger partial charge on any atom is -0.480 e. The molecule has 0 aliphatic carbocycles. The van der Waals surface area contributed by atoms with Crippen LogP contribution in [-0.4, -0.2) is 28.8 Å². The zero-order valence-electron chi connectivity index (χ0n) is 19.8. The number of aryl methyl sites for hydroxylation is 3. The largest absolute Gasteiger partial charge is 0.480 e. The van der Waals surface area contributed by atoms with Crippen LogP contribution in [0.4, 0.5) is 0 Å². The number of hydrogen-bond acceptors (Lipinski definition) is 6. The molecule has 2 heterocycles. The van der Waals surface area contributed by atoms with Gasteiger partial charge >= 0.3 is 11.6 Å². The Morgan fingerprint density at radius 3 is 2.51 bits per heavy atom. The van der Waals surface area contributed by atoms with Crippen LogP contribution in [0.2, 0.25) is 0 Å². The van der Waals surface area contributed by atoms with Crippen molar-refractivity contribution in [2.24, 2.45) is 0 Å². The summed E-state index contributed by atoms with van der Waals surface area (Å²) < 4.78 is 11.2. The van der Waals surface area contributed by atoms with E-state index in [2.05, 4.69) is 5.32 Å². The first-order chi connectivity index (χ1) is 16.8. The molecule has 4 rings (SSSR count). The molecule has 0 bridgehead atoms. The van der Waals surface area contributed by atoms with Crippen LogP contribution < -0.4 is 10.9 Å². The highest BCUT2D eigenvalue weighted by molar-refractivity contribution is 7.98. The Labute approximate surface area is 206 Å². The molecule has 1 atom stereocenters. The standard InChI is InChI=1S/C27H27NO6S/c1-15-12-33-24-17(3)25-21(11-20(15)24)16(2)19(27(32)34-25)9-10-23(29)28-22(26(30)31)14-35-13-18-7-5-4-6-8-18/h4-8,11-12,22H,9-10,13-14H2,1-3H3,(H,28,29)(H,30,31). The molecule has 8 heteroatoms. The summed E-state index contributed by atoms with van der Waals surface area (Å²) in [5.74, 6) is -0.614. The van der Waals surface area contributed by atoms with Crippen molar-refractivity contribution in [2.45, 2.75) is 45.4 Å². The molecule has 0 spiro atoms. The van der Waals surface area contributed by atoms with Gasteiger partial charge in [-0.15, -0.1) is 0 Å². The van der Waals surface area contributed by atoms with E-state index in [4.69, 9.17) is 8.83 Å². The highest BCUT2D eigenvalue weighted by Crippen LogP contribution is 2.32. The van der Waals surface area contributed by atoms with Gasteiger partial charge in [0.25, 0.3) is 0 Å². The topological polar surface area (TPSA) is 110 Å². The number of benzene rings is 2. The van der Waals surface area contributed by atoms with E-state index in [0.29, 0.717) is 22.5 Å². The Balaban J connectivity index is 1.45. The van der Waals surface area contributed by atoms with Crippen LogP contribution in [-0.2, 0) is 21.8 Å². The van der Waals surface area contributed by atoms with E-state index in [1.165, 1.54) is 11.8 Å². The minimum atomic E-state index is -1.09. The summed E-state index contributed by atoms with van der Waals surface area (Å²) in [5, 5.41) is 13.9. The van der Waals surface area contributed by atoms with Gasteiger partial charge in [0.15, 0.2) is 0 Å². The summed E-state index contributed by atoms with van der Waals surface area (Å²) in [6.07, 6.45) is 1.81. The van der Waals surface area contributed by atoms with Crippen molar-refractivity contribution in [2.75, 3.05) is 5.75 Å². The fraction of sp³-hybridized carbons (Fsp3) is 0.296. The molecule has 0 saturated carbocycles. The highest BCUT2D eigenvalue weighted by atomic mass is 32.2. The monoisotopic (exact) mass is 493 g/mol. The van der Waals surface area contributed by atoms with Crippen LogP contribution in [0.3, 0.4) is 0 Å². The number of hydrogen-bond donors (Lipinski definition) is 2. The van der Waals surface area contributed by atoms with E-state index < -0.39 is 23.5 Å². The molecule has 2 N–H and O–H groups in total. The molecule has 0 radical (unpaired) electrons. The van der Waals surface area contributed by atoms with Gasteiger partial charge in [0, 0.05) is 39.8 Å². The second-order valence-electron chi connectivity index (χ2n) is 8.63. The van der Waals surface area contributed by atoms with Crippen LogP contribution in [0.1, 0.15) is 34.2 Å². The number of carbonyl (C=O) groups excluding carboxylic acids is 1. The third kappa shape index (κ3) is 5.27. The summed E-state index contributed by atoms with van der Waals surface area (Å²) in [6.45, 7) is 5.65. The van der Waals surface area contributed by atoms with Crippen molar-refractivity contribution in [1.82, 2.24) is 5.32 Å². The quantitative estimate of drug-likeness (QED) is 0.319. The van der Waals surface area contributed by atoms with Gasteiger partial charge in [-0.25, -0.2) is 9.59 Å². The molecule has 182 valence electrons. The third-order valence-corrected chi connectivity index (χ3v) is 7.27. The SMILES string of the molecule is Cc1coc2c(C)c3oc(=O)c(CCC(=O)NC(CSCc4ccccc4)C(=O)O)c(C)c3cc12. The van der Waals surface area contributed by atoms with E-state index in [0.717, 1.165) is 33.0 Å². The summed E-state index contributed by atoms with van der Waals surface area (Å²) in [5.41, 5.74) is 4.67. The van der Waals surface area contributed by atoms with Gasteiger partial charge in [-0.1, -0.05) is 30.3 Å². The van der Waals surface area contributed by atoms with Crippen LogP contribution in [0.5, 0.6) is 0 Å². The lowest BCUT2D eigenvalue weighted by Gasteiger charge is -2.15. The Hall–Kier alpha value is -3.52. The lowest BCUT2D eigenvalue weighted by molar-refractivity contribution is -0.141. The van der Waals surface area contributed by atoms with Gasteiger partial charge in [0.05, 0.1) is 6.26 Å². The number of nitrogens with one attached hydrogen (secondary N) is 1. The van der Waals surface area contributed by atoms with Crippen molar-refractivity contribution in [3.05, 3.63) is 80.9 Å². The number of carbonyl (C=O) groups is 2. The Morgan fingerprint density at radius 1 is 1.06 bits per heavy atom. The molecule has 1 unspecified atom stereocenters. The molecule has 1 amide bonds. The van der Waals surface area contributed by atoms with E-state index in [-0.39, 0.29) is 18.6 Å². The van der Waals surface area contributed by atoms with Gasteiger partial charge in [-0.05, 0) is 49.9 Å². The average molecular weight is 494 g/mol. The molecule has 0 fully saturated rings. The minimum absolute atomic E-state index is 0.0177. The fourth-order valence-corrected chi connectivity index (χ4v) is 5.16. The van der Waals surface area contributed by atoms with Gasteiger partial charge in [0.2, 0.25) is 5.91 Å². The number of carboxylic acid groups (broad SMARTS) is 1. The number of rotatable bonds is 9. The summed E-state index contributed by atoms with van der Waals surface area (Å²) >= 11 is 1.44. The number of carboxylic acids is 1. The molecular formula is C27H27NO6S. The number of fused-ring (bicyclic) bond motifs is 2. The maximum atomic E-state index is 12.7. The Morgan fingerprint density at radius 2 is 1.80 bits per heavy atom. The van der Waals surface area contributed by atoms with Crippen molar-refractivity contribution < 1.29 is 23.5 Å². The first-order valence-corrected chi connectivity index (χ1v) is 12.5. The van der Waals surface area contributed by atoms with Crippen LogP contribution in [0.15, 0.2) is 56.3 Å². The molecular weight excluding hydrogens is 466 g/mol. The molecule has 0 aliphatic rings. The maximum Gasteiger partial charge on any atom is 0.339 e. The Kier molecular flexibility index (Phi) is 7.31. The predicted octanol–water partition coefficient (Wildman–Crippen LogP) is 4.90. The first kappa shape index (κ1) is 24.6. The maximum absolute atomic E-state index is 12.7. The Bertz CT molecular complexity index is 1450. The highest BCUT2D eigenvalue weighted by Gasteiger charge is 2.22. The van der Waals surface area contributed by atoms with Crippen molar-refractivity contribution in [3.8, 4) is 0 Å². The van der Waals surface area contributed by atoms with E-state index >= 15 is 0 Å². The molecule has 0 saturated heterocycles. The predicted molar refractivity (Wildman–Crippen MR) is 137 cm³/mol. The van der Waals surface area contributed by atoms with Crippen LogP contribution in [0, 0.1) is 20.8 Å². The summed E-state index contributed by atoms with van der Waals surface area (Å²) in [7, 11) is 0. The molecule has 2 aromatic carbocycles. The first-order valence-electron chi connectivity index (χ1n) is 11.3. The third-order valence-electron chi connectivity index (χ3n) is 6.17. The van der Waals surface area contributed by atoms with Gasteiger partial charge in [0.1, 0.15) is 17.2 Å². The molecule has 2 aromatic heterocycles. The molecule has 7 nitrogen and oxygen atoms in total. The number of furan rings is 1. The molecule has 0 aliphatic heterocycles. The van der Waals surface area contributed by atoms with Crippen LogP contribution >= 0.6 is 11.8 Å². The lowest BCUT2D eigenvalue weighted by atomic mass is 9.98. The smallest absolute Gasteiger partial charge is 0.339 e. The number of aliphatic carboxylic acids is 1. The zero-order chi connectivity index (χ0) is 25.1. The van der Waals surface area contributed by atoms with Gasteiger partial charge in [-0.3, -0.25) is 4.79 Å². The average Bonchev–Trinajstić information content (AvgIpc) is 3.20. The van der Waals surface area contributed by atoms with Gasteiger partial charge < -0.3 is 19.3 Å². The zero-order valence-corrected chi connectivity index (χ0v) is 20.7. The van der Waals surface area contributed by atoms with Gasteiger partial charge in [-0.2, -0.15) is 11.8 Å². The van der Waals surface area contributed by atoms with Crippen molar-refractivity contribution in [1.29, 1.82) is 0 Å². The lowest BCUT2D eigenvalue weighted by Crippen LogP contribution is -2.42. The number of amides is 1. The second kappa shape index (κ2) is 10.4. The van der Waals surface area contributed by atoms with E-state index in [9.17, 15) is 19.5 Å². The number of thioether (sulfide) groups is 1. The normalized spacial score (nSPS) is 12.2. The van der Waals surface area contributed by atoms with E-state index in [1.807, 2.05) is 57.2 Å². The summed E-state index contributed by atoms with van der Waals surface area (Å²) in [6, 6.07) is 10.7. The second-order valence-corrected chi connectivity index (χ2v) is 9.66. The molecule has 4 aromatic rings. The van der Waals surface area contributed by atoms with E-state index in [1.54, 1.807) is 6.26 Å². The van der Waals surface area contributed by atoms with Crippen molar-refractivity contribution in [3.63, 3.8) is 0 Å². The molecule has 35 heavy (non-hydrogen) atoms.